The van der Waals surface area contributed by atoms with E-state index in [2.05, 4.69) is 14.2 Å². The molecule has 0 amide bonds. The largest absolute Gasteiger partial charge is 0.508 e. The third kappa shape index (κ3) is 7.39. The zero-order valence-corrected chi connectivity index (χ0v) is 8.58. The summed E-state index contributed by atoms with van der Waals surface area (Å²) in [5.74, 6) is -0.278. The molecule has 0 bridgehead atoms. The first-order valence-corrected chi connectivity index (χ1v) is 4.65. The van der Waals surface area contributed by atoms with Crippen LogP contribution in [0.4, 0.5) is 4.79 Å². The molecule has 0 saturated carbocycles. The molecule has 0 N–H and O–H groups in total. The van der Waals surface area contributed by atoms with Gasteiger partial charge in [0.25, 0.3) is 0 Å². The van der Waals surface area contributed by atoms with Crippen molar-refractivity contribution in [3.05, 3.63) is 0 Å². The first-order chi connectivity index (χ1) is 6.70. The van der Waals surface area contributed by atoms with E-state index in [-0.39, 0.29) is 25.6 Å². The lowest BCUT2D eigenvalue weighted by atomic mass is 10.3. The Kier molecular flexibility index (Phi) is 7.59. The quantitative estimate of drug-likeness (QED) is 0.484. The van der Waals surface area contributed by atoms with Crippen LogP contribution in [0.15, 0.2) is 0 Å². The summed E-state index contributed by atoms with van der Waals surface area (Å²) in [6.07, 6.45) is 0.0154. The fourth-order valence-electron chi connectivity index (χ4n) is 0.765. The summed E-state index contributed by atoms with van der Waals surface area (Å²) in [6.45, 7) is 4.28. The third-order valence-electron chi connectivity index (χ3n) is 1.31. The molecule has 14 heavy (non-hydrogen) atoms. The summed E-state index contributed by atoms with van der Waals surface area (Å²) in [6, 6.07) is 0. The highest BCUT2D eigenvalue weighted by Crippen LogP contribution is 1.95. The number of hydrogen-bond donors (Lipinski definition) is 0. The maximum absolute atomic E-state index is 10.8. The van der Waals surface area contributed by atoms with Gasteiger partial charge in [-0.15, -0.1) is 0 Å². The molecule has 0 saturated heterocycles. The molecule has 5 nitrogen and oxygen atoms in total. The maximum Gasteiger partial charge on any atom is 0.508 e. The Bertz CT molecular complexity index is 158. The van der Waals surface area contributed by atoms with Crippen molar-refractivity contribution in [2.24, 2.45) is 0 Å². The van der Waals surface area contributed by atoms with Gasteiger partial charge in [-0.05, 0) is 20.3 Å². The third-order valence-corrected chi connectivity index (χ3v) is 1.31. The van der Waals surface area contributed by atoms with Crippen LogP contribution in [0.2, 0.25) is 0 Å². The van der Waals surface area contributed by atoms with Crippen LogP contribution in [-0.2, 0) is 19.0 Å². The number of rotatable bonds is 6. The highest BCUT2D eigenvalue weighted by Gasteiger charge is 2.04. The van der Waals surface area contributed by atoms with Crippen molar-refractivity contribution in [1.29, 1.82) is 0 Å². The molecule has 82 valence electrons. The summed E-state index contributed by atoms with van der Waals surface area (Å²) < 4.78 is 13.8. The number of esters is 1. The molecule has 5 heteroatoms. The zero-order valence-electron chi connectivity index (χ0n) is 8.58. The molecular formula is C9H16O5. The lowest BCUT2D eigenvalue weighted by molar-refractivity contribution is -0.143. The molecule has 0 unspecified atom stereocenters. The SMILES string of the molecule is CCOC(=O)CCCOC(=O)OCC. The molecule has 0 radical (unpaired) electrons. The van der Waals surface area contributed by atoms with E-state index in [0.717, 1.165) is 0 Å². The van der Waals surface area contributed by atoms with Crippen molar-refractivity contribution in [2.45, 2.75) is 26.7 Å². The summed E-state index contributed by atoms with van der Waals surface area (Å²) >= 11 is 0. The van der Waals surface area contributed by atoms with Gasteiger partial charge < -0.3 is 14.2 Å². The minimum Gasteiger partial charge on any atom is -0.466 e. The average molecular weight is 204 g/mol. The molecule has 0 aromatic heterocycles. The minimum absolute atomic E-state index is 0.178. The fraction of sp³-hybridized carbons (Fsp3) is 0.778. The molecule has 0 aromatic rings. The van der Waals surface area contributed by atoms with Crippen LogP contribution in [0.3, 0.4) is 0 Å². The molecule has 0 aliphatic rings. The van der Waals surface area contributed by atoms with Gasteiger partial charge in [0.1, 0.15) is 0 Å². The standard InChI is InChI=1S/C9H16O5/c1-3-12-8(10)6-5-7-14-9(11)13-4-2/h3-7H2,1-2H3. The Morgan fingerprint density at radius 2 is 1.64 bits per heavy atom. The van der Waals surface area contributed by atoms with Crippen molar-refractivity contribution in [1.82, 2.24) is 0 Å². The molecule has 0 fully saturated rings. The lowest BCUT2D eigenvalue weighted by Crippen LogP contribution is -2.10. The maximum atomic E-state index is 10.8. The topological polar surface area (TPSA) is 61.8 Å². The van der Waals surface area contributed by atoms with Gasteiger partial charge in [-0.3, -0.25) is 4.79 Å². The summed E-state index contributed by atoms with van der Waals surface area (Å²) in [5.41, 5.74) is 0. The van der Waals surface area contributed by atoms with Gasteiger partial charge in [-0.25, -0.2) is 4.79 Å². The van der Waals surface area contributed by atoms with Crippen LogP contribution in [0.5, 0.6) is 0 Å². The Hall–Kier alpha value is -1.26. The van der Waals surface area contributed by atoms with Gasteiger partial charge in [0.2, 0.25) is 0 Å². The Labute approximate surface area is 83.3 Å². The van der Waals surface area contributed by atoms with Crippen molar-refractivity contribution in [3.8, 4) is 0 Å². The Balaban J connectivity index is 3.28. The Morgan fingerprint density at radius 1 is 1.00 bits per heavy atom. The molecule has 0 rings (SSSR count). The summed E-state index contributed by atoms with van der Waals surface area (Å²) in [4.78, 5) is 21.5. The van der Waals surface area contributed by atoms with Crippen molar-refractivity contribution >= 4 is 12.1 Å². The second-order valence-corrected chi connectivity index (χ2v) is 2.44. The predicted molar refractivity (Wildman–Crippen MR) is 48.8 cm³/mol. The van der Waals surface area contributed by atoms with Crippen LogP contribution in [0, 0.1) is 0 Å². The van der Waals surface area contributed by atoms with E-state index in [1.165, 1.54) is 0 Å². The van der Waals surface area contributed by atoms with Crippen LogP contribution >= 0.6 is 0 Å². The number of hydrogen-bond acceptors (Lipinski definition) is 5. The van der Waals surface area contributed by atoms with Crippen LogP contribution < -0.4 is 0 Å². The van der Waals surface area contributed by atoms with Gasteiger partial charge in [-0.2, -0.15) is 0 Å². The molecule has 0 aromatic carbocycles. The second kappa shape index (κ2) is 8.34. The van der Waals surface area contributed by atoms with Crippen molar-refractivity contribution in [2.75, 3.05) is 19.8 Å². The van der Waals surface area contributed by atoms with E-state index in [1.54, 1.807) is 13.8 Å². The van der Waals surface area contributed by atoms with Crippen LogP contribution in [-0.4, -0.2) is 31.9 Å². The van der Waals surface area contributed by atoms with E-state index in [4.69, 9.17) is 0 Å². The van der Waals surface area contributed by atoms with E-state index >= 15 is 0 Å². The van der Waals surface area contributed by atoms with Crippen molar-refractivity contribution in [3.63, 3.8) is 0 Å². The van der Waals surface area contributed by atoms with E-state index in [0.29, 0.717) is 13.0 Å². The average Bonchev–Trinajstić information content (AvgIpc) is 2.13. The van der Waals surface area contributed by atoms with Crippen LogP contribution in [0.25, 0.3) is 0 Å². The predicted octanol–water partition coefficient (Wildman–Crippen LogP) is 1.50. The molecule has 0 heterocycles. The number of carbonyl (C=O) groups excluding carboxylic acids is 2. The molecule has 0 atom stereocenters. The monoisotopic (exact) mass is 204 g/mol. The van der Waals surface area contributed by atoms with Gasteiger partial charge >= 0.3 is 12.1 Å². The highest BCUT2D eigenvalue weighted by molar-refractivity contribution is 5.69. The van der Waals surface area contributed by atoms with E-state index in [9.17, 15) is 9.59 Å². The number of carbonyl (C=O) groups is 2. The van der Waals surface area contributed by atoms with Crippen molar-refractivity contribution < 1.29 is 23.8 Å². The highest BCUT2D eigenvalue weighted by atomic mass is 16.7. The first-order valence-electron chi connectivity index (χ1n) is 4.65. The molecule has 0 aliphatic carbocycles. The number of ether oxygens (including phenoxy) is 3. The smallest absolute Gasteiger partial charge is 0.466 e. The Morgan fingerprint density at radius 3 is 2.21 bits per heavy atom. The summed E-state index contributed by atoms with van der Waals surface area (Å²) in [5, 5.41) is 0. The normalized spacial score (nSPS) is 9.29. The zero-order chi connectivity index (χ0) is 10.8. The van der Waals surface area contributed by atoms with Gasteiger partial charge in [0, 0.05) is 6.42 Å². The van der Waals surface area contributed by atoms with Gasteiger partial charge in [0.15, 0.2) is 0 Å². The second-order valence-electron chi connectivity index (χ2n) is 2.44. The van der Waals surface area contributed by atoms with Crippen LogP contribution in [0.1, 0.15) is 26.7 Å². The van der Waals surface area contributed by atoms with Gasteiger partial charge in [0.05, 0.1) is 19.8 Å². The lowest BCUT2D eigenvalue weighted by Gasteiger charge is -2.04. The summed E-state index contributed by atoms with van der Waals surface area (Å²) in [7, 11) is 0. The first kappa shape index (κ1) is 12.7. The van der Waals surface area contributed by atoms with E-state index in [1.807, 2.05) is 0 Å². The molecular weight excluding hydrogens is 188 g/mol. The molecule has 0 spiro atoms. The van der Waals surface area contributed by atoms with E-state index < -0.39 is 6.16 Å². The van der Waals surface area contributed by atoms with Gasteiger partial charge in [-0.1, -0.05) is 0 Å². The molecule has 0 aliphatic heterocycles. The fourth-order valence-corrected chi connectivity index (χ4v) is 0.765. The minimum atomic E-state index is -0.698.